The molecule has 0 nitrogen and oxygen atoms in total. The Morgan fingerprint density at radius 3 is 2.41 bits per heavy atom. The van der Waals surface area contributed by atoms with E-state index in [1.165, 1.54) is 16.7 Å². The molecular formula is C15H14Br2. The lowest BCUT2D eigenvalue weighted by atomic mass is 10.0. The van der Waals surface area contributed by atoms with E-state index < -0.39 is 0 Å². The van der Waals surface area contributed by atoms with Gasteiger partial charge in [-0.05, 0) is 42.2 Å². The van der Waals surface area contributed by atoms with E-state index in [2.05, 4.69) is 87.3 Å². The minimum Gasteiger partial charge on any atom is -0.0835 e. The summed E-state index contributed by atoms with van der Waals surface area (Å²) in [4.78, 5) is 0.362. The Hall–Kier alpha value is -0.600. The van der Waals surface area contributed by atoms with Gasteiger partial charge in [-0.3, -0.25) is 0 Å². The van der Waals surface area contributed by atoms with Crippen molar-refractivity contribution in [3.63, 3.8) is 0 Å². The minimum atomic E-state index is 0.362. The lowest BCUT2D eigenvalue weighted by Crippen LogP contribution is -1.96. The fourth-order valence-electron chi connectivity index (χ4n) is 1.88. The number of hydrogen-bond donors (Lipinski definition) is 0. The Morgan fingerprint density at radius 1 is 1.06 bits per heavy atom. The average Bonchev–Trinajstić information content (AvgIpc) is 2.29. The third-order valence-corrected chi connectivity index (χ3v) is 3.99. The zero-order valence-corrected chi connectivity index (χ0v) is 12.8. The first-order valence-corrected chi connectivity index (χ1v) is 7.31. The molecule has 2 heteroatoms. The van der Waals surface area contributed by atoms with Crippen molar-refractivity contribution in [3.05, 3.63) is 69.7 Å². The second kappa shape index (κ2) is 5.83. The molecule has 0 aliphatic heterocycles. The standard InChI is InChI=1S/C15H14Br2/c1-11-7-13(10-14(16)8-11)15(17)9-12-5-3-2-4-6-12/h2-8,10,15H,9H2,1H3. The molecule has 0 radical (unpaired) electrons. The molecule has 0 aliphatic rings. The molecule has 0 spiro atoms. The van der Waals surface area contributed by atoms with Gasteiger partial charge in [-0.15, -0.1) is 0 Å². The van der Waals surface area contributed by atoms with E-state index in [1.807, 2.05) is 0 Å². The highest BCUT2D eigenvalue weighted by atomic mass is 79.9. The molecule has 0 saturated heterocycles. The van der Waals surface area contributed by atoms with Gasteiger partial charge in [0.1, 0.15) is 0 Å². The summed E-state index contributed by atoms with van der Waals surface area (Å²) in [6, 6.07) is 17.1. The highest BCUT2D eigenvalue weighted by molar-refractivity contribution is 9.10. The average molecular weight is 354 g/mol. The SMILES string of the molecule is Cc1cc(Br)cc(C(Br)Cc2ccccc2)c1. The van der Waals surface area contributed by atoms with Crippen LogP contribution >= 0.6 is 31.9 Å². The molecule has 17 heavy (non-hydrogen) atoms. The first-order chi connectivity index (χ1) is 8.15. The van der Waals surface area contributed by atoms with Gasteiger partial charge in [0.2, 0.25) is 0 Å². The fourth-order valence-corrected chi connectivity index (χ4v) is 3.15. The summed E-state index contributed by atoms with van der Waals surface area (Å²) >= 11 is 7.32. The topological polar surface area (TPSA) is 0 Å². The highest BCUT2D eigenvalue weighted by Gasteiger charge is 2.09. The van der Waals surface area contributed by atoms with E-state index in [-0.39, 0.29) is 0 Å². The van der Waals surface area contributed by atoms with Crippen molar-refractivity contribution in [2.75, 3.05) is 0 Å². The van der Waals surface area contributed by atoms with E-state index in [9.17, 15) is 0 Å². The molecule has 1 atom stereocenters. The number of benzene rings is 2. The summed E-state index contributed by atoms with van der Waals surface area (Å²) in [6.07, 6.45) is 1.01. The van der Waals surface area contributed by atoms with E-state index in [0.717, 1.165) is 10.9 Å². The molecule has 88 valence electrons. The second-order valence-electron chi connectivity index (χ2n) is 4.22. The summed E-state index contributed by atoms with van der Waals surface area (Å²) in [6.45, 7) is 2.12. The molecule has 0 saturated carbocycles. The zero-order valence-electron chi connectivity index (χ0n) is 9.66. The highest BCUT2D eigenvalue weighted by Crippen LogP contribution is 2.29. The van der Waals surface area contributed by atoms with Gasteiger partial charge < -0.3 is 0 Å². The fraction of sp³-hybridized carbons (Fsp3) is 0.200. The predicted molar refractivity (Wildman–Crippen MR) is 80.7 cm³/mol. The smallest absolute Gasteiger partial charge is 0.0436 e. The molecule has 0 aromatic heterocycles. The Morgan fingerprint density at radius 2 is 1.76 bits per heavy atom. The van der Waals surface area contributed by atoms with Gasteiger partial charge in [0, 0.05) is 9.30 Å². The van der Waals surface area contributed by atoms with Crippen LogP contribution in [0.15, 0.2) is 53.0 Å². The summed E-state index contributed by atoms with van der Waals surface area (Å²) < 4.78 is 1.14. The van der Waals surface area contributed by atoms with Crippen molar-refractivity contribution in [1.29, 1.82) is 0 Å². The maximum absolute atomic E-state index is 3.77. The molecule has 0 N–H and O–H groups in total. The van der Waals surface area contributed by atoms with Crippen molar-refractivity contribution < 1.29 is 0 Å². The molecule has 2 aromatic carbocycles. The van der Waals surface area contributed by atoms with Crippen molar-refractivity contribution in [2.45, 2.75) is 18.2 Å². The Kier molecular flexibility index (Phi) is 4.41. The summed E-state index contributed by atoms with van der Waals surface area (Å²) in [5, 5.41) is 0. The van der Waals surface area contributed by atoms with Gasteiger partial charge in [0.15, 0.2) is 0 Å². The Labute approximate surface area is 119 Å². The normalized spacial score (nSPS) is 12.4. The minimum absolute atomic E-state index is 0.362. The van der Waals surface area contributed by atoms with E-state index in [1.54, 1.807) is 0 Å². The zero-order chi connectivity index (χ0) is 12.3. The molecule has 0 heterocycles. The largest absolute Gasteiger partial charge is 0.0835 e. The lowest BCUT2D eigenvalue weighted by Gasteiger charge is -2.12. The van der Waals surface area contributed by atoms with Crippen LogP contribution in [0.2, 0.25) is 0 Å². The van der Waals surface area contributed by atoms with Gasteiger partial charge in [0.05, 0.1) is 0 Å². The molecule has 0 bridgehead atoms. The molecule has 0 aliphatic carbocycles. The van der Waals surface area contributed by atoms with Crippen LogP contribution in [0.5, 0.6) is 0 Å². The van der Waals surface area contributed by atoms with Crippen LogP contribution in [-0.4, -0.2) is 0 Å². The van der Waals surface area contributed by atoms with Crippen molar-refractivity contribution in [1.82, 2.24) is 0 Å². The lowest BCUT2D eigenvalue weighted by molar-refractivity contribution is 0.946. The first-order valence-electron chi connectivity index (χ1n) is 5.60. The van der Waals surface area contributed by atoms with Gasteiger partial charge in [-0.1, -0.05) is 68.3 Å². The number of hydrogen-bond acceptors (Lipinski definition) is 0. The van der Waals surface area contributed by atoms with Crippen molar-refractivity contribution in [2.24, 2.45) is 0 Å². The molecule has 1 unspecified atom stereocenters. The molecular weight excluding hydrogens is 340 g/mol. The summed E-state index contributed by atoms with van der Waals surface area (Å²) in [7, 11) is 0. The summed E-state index contributed by atoms with van der Waals surface area (Å²) in [5.41, 5.74) is 3.96. The Bertz CT molecular complexity index is 471. The molecule has 2 aromatic rings. The maximum Gasteiger partial charge on any atom is 0.0436 e. The molecule has 2 rings (SSSR count). The van der Waals surface area contributed by atoms with Crippen LogP contribution in [0.1, 0.15) is 21.5 Å². The van der Waals surface area contributed by atoms with Gasteiger partial charge >= 0.3 is 0 Å². The van der Waals surface area contributed by atoms with Crippen LogP contribution in [0.4, 0.5) is 0 Å². The number of rotatable bonds is 3. The predicted octanol–water partition coefficient (Wildman–Crippen LogP) is 5.44. The third-order valence-electron chi connectivity index (χ3n) is 2.68. The van der Waals surface area contributed by atoms with Crippen LogP contribution in [0, 0.1) is 6.92 Å². The van der Waals surface area contributed by atoms with E-state index in [0.29, 0.717) is 4.83 Å². The van der Waals surface area contributed by atoms with Crippen LogP contribution < -0.4 is 0 Å². The quantitative estimate of drug-likeness (QED) is 0.645. The summed E-state index contributed by atoms with van der Waals surface area (Å²) in [5.74, 6) is 0. The first kappa shape index (κ1) is 12.8. The van der Waals surface area contributed by atoms with E-state index >= 15 is 0 Å². The van der Waals surface area contributed by atoms with E-state index in [4.69, 9.17) is 0 Å². The van der Waals surface area contributed by atoms with Gasteiger partial charge in [-0.25, -0.2) is 0 Å². The van der Waals surface area contributed by atoms with Crippen LogP contribution in [-0.2, 0) is 6.42 Å². The van der Waals surface area contributed by atoms with Crippen molar-refractivity contribution >= 4 is 31.9 Å². The van der Waals surface area contributed by atoms with Gasteiger partial charge in [-0.2, -0.15) is 0 Å². The number of aryl methyl sites for hydroxylation is 1. The maximum atomic E-state index is 3.77. The molecule has 0 fully saturated rings. The Balaban J connectivity index is 2.17. The van der Waals surface area contributed by atoms with Crippen LogP contribution in [0.3, 0.4) is 0 Å². The number of alkyl halides is 1. The second-order valence-corrected chi connectivity index (χ2v) is 6.24. The number of halogens is 2. The monoisotopic (exact) mass is 352 g/mol. The van der Waals surface area contributed by atoms with Gasteiger partial charge in [0.25, 0.3) is 0 Å². The molecule has 0 amide bonds. The van der Waals surface area contributed by atoms with Crippen LogP contribution in [0.25, 0.3) is 0 Å². The van der Waals surface area contributed by atoms with Crippen molar-refractivity contribution in [3.8, 4) is 0 Å². The third kappa shape index (κ3) is 3.68.